The fourth-order valence-corrected chi connectivity index (χ4v) is 1.96. The summed E-state index contributed by atoms with van der Waals surface area (Å²) in [7, 11) is 0. The molecule has 0 fully saturated rings. The third kappa shape index (κ3) is 3.32. The number of aryl methyl sites for hydroxylation is 1. The SMILES string of the molecule is CCC(C)C(=O)NC(C)(C)c1ccccc1C. The molecule has 1 atom stereocenters. The molecular weight excluding hydrogens is 210 g/mol. The van der Waals surface area contributed by atoms with Gasteiger partial charge in [0, 0.05) is 5.92 Å². The average Bonchev–Trinajstić information content (AvgIpc) is 2.27. The summed E-state index contributed by atoms with van der Waals surface area (Å²) >= 11 is 0. The number of nitrogens with one attached hydrogen (secondary N) is 1. The van der Waals surface area contributed by atoms with E-state index in [9.17, 15) is 4.79 Å². The van der Waals surface area contributed by atoms with E-state index in [1.165, 1.54) is 11.1 Å². The molecule has 0 saturated carbocycles. The fourth-order valence-electron chi connectivity index (χ4n) is 1.96. The summed E-state index contributed by atoms with van der Waals surface area (Å²) in [6.07, 6.45) is 0.871. The Balaban J connectivity index is 2.89. The molecule has 0 heterocycles. The van der Waals surface area contributed by atoms with Crippen LogP contribution in [0.4, 0.5) is 0 Å². The minimum Gasteiger partial charge on any atom is -0.347 e. The first-order chi connectivity index (χ1) is 7.88. The lowest BCUT2D eigenvalue weighted by molar-refractivity contribution is -0.126. The summed E-state index contributed by atoms with van der Waals surface area (Å²) in [6, 6.07) is 8.18. The Morgan fingerprint density at radius 1 is 1.35 bits per heavy atom. The van der Waals surface area contributed by atoms with Crippen molar-refractivity contribution in [3.8, 4) is 0 Å². The number of carbonyl (C=O) groups excluding carboxylic acids is 1. The van der Waals surface area contributed by atoms with Crippen molar-refractivity contribution in [1.29, 1.82) is 0 Å². The summed E-state index contributed by atoms with van der Waals surface area (Å²) < 4.78 is 0. The Morgan fingerprint density at radius 3 is 2.47 bits per heavy atom. The standard InChI is InChI=1S/C15H23NO/c1-6-11(2)14(17)16-15(4,5)13-10-8-7-9-12(13)3/h7-11H,6H2,1-5H3,(H,16,17). The smallest absolute Gasteiger partial charge is 0.223 e. The van der Waals surface area contributed by atoms with Crippen LogP contribution in [0.25, 0.3) is 0 Å². The molecule has 0 aliphatic carbocycles. The predicted molar refractivity (Wildman–Crippen MR) is 71.8 cm³/mol. The van der Waals surface area contributed by atoms with Gasteiger partial charge in [-0.3, -0.25) is 4.79 Å². The highest BCUT2D eigenvalue weighted by Gasteiger charge is 2.25. The number of hydrogen-bond donors (Lipinski definition) is 1. The van der Waals surface area contributed by atoms with E-state index in [1.807, 2.05) is 26.0 Å². The fraction of sp³-hybridized carbons (Fsp3) is 0.533. The van der Waals surface area contributed by atoms with Crippen molar-refractivity contribution in [3.05, 3.63) is 35.4 Å². The van der Waals surface area contributed by atoms with Crippen LogP contribution in [0.15, 0.2) is 24.3 Å². The number of rotatable bonds is 4. The van der Waals surface area contributed by atoms with Gasteiger partial charge in [-0.05, 0) is 38.3 Å². The molecule has 0 radical (unpaired) electrons. The maximum absolute atomic E-state index is 12.0. The molecule has 1 aromatic rings. The van der Waals surface area contributed by atoms with E-state index in [1.54, 1.807) is 0 Å². The monoisotopic (exact) mass is 233 g/mol. The van der Waals surface area contributed by atoms with Gasteiger partial charge < -0.3 is 5.32 Å². The third-order valence-electron chi connectivity index (χ3n) is 3.31. The molecule has 0 saturated heterocycles. The molecule has 0 bridgehead atoms. The van der Waals surface area contributed by atoms with Gasteiger partial charge in [0.1, 0.15) is 0 Å². The highest BCUT2D eigenvalue weighted by atomic mass is 16.2. The first kappa shape index (κ1) is 13.8. The zero-order valence-electron chi connectivity index (χ0n) is 11.5. The molecule has 2 heteroatoms. The van der Waals surface area contributed by atoms with Gasteiger partial charge in [0.25, 0.3) is 0 Å². The van der Waals surface area contributed by atoms with Gasteiger partial charge in [0.15, 0.2) is 0 Å². The second-order valence-corrected chi connectivity index (χ2v) is 5.24. The minimum absolute atomic E-state index is 0.0679. The topological polar surface area (TPSA) is 29.1 Å². The lowest BCUT2D eigenvalue weighted by Crippen LogP contribution is -2.43. The van der Waals surface area contributed by atoms with Crippen molar-refractivity contribution in [2.24, 2.45) is 5.92 Å². The molecule has 1 aromatic carbocycles. The van der Waals surface area contributed by atoms with E-state index in [0.29, 0.717) is 0 Å². The molecule has 0 aromatic heterocycles. The minimum atomic E-state index is -0.314. The summed E-state index contributed by atoms with van der Waals surface area (Å²) in [5, 5.41) is 3.13. The number of benzene rings is 1. The molecule has 0 spiro atoms. The largest absolute Gasteiger partial charge is 0.347 e. The van der Waals surface area contributed by atoms with Gasteiger partial charge in [-0.1, -0.05) is 38.1 Å². The summed E-state index contributed by atoms with van der Waals surface area (Å²) in [6.45, 7) is 10.2. The van der Waals surface area contributed by atoms with Crippen molar-refractivity contribution in [3.63, 3.8) is 0 Å². The Hall–Kier alpha value is -1.31. The summed E-state index contributed by atoms with van der Waals surface area (Å²) in [5.74, 6) is 0.194. The summed E-state index contributed by atoms with van der Waals surface area (Å²) in [5.41, 5.74) is 2.07. The average molecular weight is 233 g/mol. The normalized spacial score (nSPS) is 13.2. The molecule has 94 valence electrons. The van der Waals surface area contributed by atoms with Gasteiger partial charge in [0.2, 0.25) is 5.91 Å². The van der Waals surface area contributed by atoms with Crippen molar-refractivity contribution in [2.75, 3.05) is 0 Å². The quantitative estimate of drug-likeness (QED) is 0.848. The molecule has 1 unspecified atom stereocenters. The molecule has 1 N–H and O–H groups in total. The first-order valence-corrected chi connectivity index (χ1v) is 6.26. The van der Waals surface area contributed by atoms with Gasteiger partial charge in [-0.2, -0.15) is 0 Å². The van der Waals surface area contributed by atoms with E-state index in [0.717, 1.165) is 6.42 Å². The maximum atomic E-state index is 12.0. The first-order valence-electron chi connectivity index (χ1n) is 6.26. The highest BCUT2D eigenvalue weighted by molar-refractivity contribution is 5.79. The lowest BCUT2D eigenvalue weighted by Gasteiger charge is -2.29. The van der Waals surface area contributed by atoms with Gasteiger partial charge in [-0.25, -0.2) is 0 Å². The predicted octanol–water partition coefficient (Wildman–Crippen LogP) is 3.39. The van der Waals surface area contributed by atoms with Crippen LogP contribution in [0, 0.1) is 12.8 Å². The van der Waals surface area contributed by atoms with Crippen LogP contribution in [0.5, 0.6) is 0 Å². The van der Waals surface area contributed by atoms with Crippen molar-refractivity contribution >= 4 is 5.91 Å². The van der Waals surface area contributed by atoms with E-state index in [4.69, 9.17) is 0 Å². The van der Waals surface area contributed by atoms with Crippen LogP contribution >= 0.6 is 0 Å². The van der Waals surface area contributed by atoms with Crippen LogP contribution in [0.3, 0.4) is 0 Å². The molecule has 0 aliphatic rings. The van der Waals surface area contributed by atoms with Crippen molar-refractivity contribution in [2.45, 2.75) is 46.6 Å². The molecule has 17 heavy (non-hydrogen) atoms. The van der Waals surface area contributed by atoms with Gasteiger partial charge in [0.05, 0.1) is 5.54 Å². The van der Waals surface area contributed by atoms with Crippen molar-refractivity contribution in [1.82, 2.24) is 5.32 Å². The number of carbonyl (C=O) groups is 1. The third-order valence-corrected chi connectivity index (χ3v) is 3.31. The zero-order chi connectivity index (χ0) is 13.1. The molecule has 2 nitrogen and oxygen atoms in total. The maximum Gasteiger partial charge on any atom is 0.223 e. The van der Waals surface area contributed by atoms with E-state index >= 15 is 0 Å². The zero-order valence-corrected chi connectivity index (χ0v) is 11.5. The van der Waals surface area contributed by atoms with Crippen molar-refractivity contribution < 1.29 is 4.79 Å². The summed E-state index contributed by atoms with van der Waals surface area (Å²) in [4.78, 5) is 12.0. The molecule has 1 rings (SSSR count). The second-order valence-electron chi connectivity index (χ2n) is 5.24. The molecule has 1 amide bonds. The van der Waals surface area contributed by atoms with Gasteiger partial charge >= 0.3 is 0 Å². The van der Waals surface area contributed by atoms with E-state index < -0.39 is 0 Å². The van der Waals surface area contributed by atoms with Crippen LogP contribution in [-0.4, -0.2) is 5.91 Å². The molecular formula is C15H23NO. The Labute approximate surface area is 104 Å². The van der Waals surface area contributed by atoms with E-state index in [-0.39, 0.29) is 17.4 Å². The van der Waals surface area contributed by atoms with Crippen LogP contribution in [0.2, 0.25) is 0 Å². The van der Waals surface area contributed by atoms with Crippen LogP contribution in [-0.2, 0) is 10.3 Å². The van der Waals surface area contributed by atoms with E-state index in [2.05, 4.69) is 38.2 Å². The van der Waals surface area contributed by atoms with Gasteiger partial charge in [-0.15, -0.1) is 0 Å². The molecule has 0 aliphatic heterocycles. The highest BCUT2D eigenvalue weighted by Crippen LogP contribution is 2.23. The van der Waals surface area contributed by atoms with Crippen LogP contribution < -0.4 is 5.32 Å². The number of amides is 1. The number of hydrogen-bond acceptors (Lipinski definition) is 1. The van der Waals surface area contributed by atoms with Crippen LogP contribution in [0.1, 0.15) is 45.2 Å². The second kappa shape index (κ2) is 5.35. The lowest BCUT2D eigenvalue weighted by atomic mass is 9.89. The Kier molecular flexibility index (Phi) is 4.33. The Morgan fingerprint density at radius 2 is 1.94 bits per heavy atom. The Bertz CT molecular complexity index is 396.